The van der Waals surface area contributed by atoms with Crippen molar-refractivity contribution in [3.8, 4) is 28.2 Å². The molecule has 0 aliphatic heterocycles. The summed E-state index contributed by atoms with van der Waals surface area (Å²) >= 11 is 0. The first-order valence-electron chi connectivity index (χ1n) is 29.2. The van der Waals surface area contributed by atoms with E-state index in [1.807, 2.05) is 0 Å². The van der Waals surface area contributed by atoms with E-state index < -0.39 is 0 Å². The Balaban J connectivity index is 0.847. The van der Waals surface area contributed by atoms with Crippen molar-refractivity contribution in [3.05, 3.63) is 273 Å². The van der Waals surface area contributed by atoms with Crippen LogP contribution in [0, 0.1) is 0 Å². The maximum absolute atomic E-state index is 2.73. The Hall–Kier alpha value is -10.6. The molecule has 1 saturated carbocycles. The Kier molecular flexibility index (Phi) is 9.23. The van der Waals surface area contributed by atoms with Crippen molar-refractivity contribution >= 4 is 131 Å². The molecule has 19 rings (SSSR count). The largest absolute Gasteiger partial charge is 0.335 e. The second-order valence-electron chi connectivity index (χ2n) is 23.1. The zero-order chi connectivity index (χ0) is 54.0. The van der Waals surface area contributed by atoms with Gasteiger partial charge in [0.15, 0.2) is 0 Å². The Morgan fingerprint density at radius 1 is 0.217 bits per heavy atom. The number of fused-ring (bicyclic) bond motifs is 18. The van der Waals surface area contributed by atoms with Crippen molar-refractivity contribution in [2.75, 3.05) is 0 Å². The molecule has 5 heteroatoms. The smallest absolute Gasteiger partial charge is 0.0551 e. The van der Waals surface area contributed by atoms with E-state index in [0.717, 1.165) is 24.2 Å². The normalized spacial score (nSPS) is 14.9. The van der Waals surface area contributed by atoms with E-state index in [1.54, 1.807) is 0 Å². The number of hydrogen-bond donors (Lipinski definition) is 0. The van der Waals surface area contributed by atoms with Crippen molar-refractivity contribution in [1.29, 1.82) is 0 Å². The summed E-state index contributed by atoms with van der Waals surface area (Å²) in [5, 5.41) is 17.8. The summed E-state index contributed by atoms with van der Waals surface area (Å²) in [4.78, 5) is 0. The van der Waals surface area contributed by atoms with Gasteiger partial charge in [0, 0.05) is 93.0 Å². The van der Waals surface area contributed by atoms with Crippen molar-refractivity contribution in [2.24, 2.45) is 0 Å². The van der Waals surface area contributed by atoms with Gasteiger partial charge in [-0.1, -0.05) is 164 Å². The first-order chi connectivity index (χ1) is 41.2. The standard InChI is InChI=1S/C78H51N5/c1-2-18-53-48(17-1)43-62(55-20-4-3-19-54(53)55)49-33-37-73-63(44-49)64-45-50(79-67-27-11-5-21-56(67)57-22-6-12-28-68(57)79)34-38-74(64)82(73)77-41-42-78(77)83-75-39-35-51(80-69-29-13-7-23-58(69)59-24-8-14-30-70(59)80)46-65(75)66-47-52(36-40-76(66)83)81-71-31-15-9-25-60(71)61-26-10-16-32-72(61)81/h1-40,43-47,77-78H,41-42H2. The summed E-state index contributed by atoms with van der Waals surface area (Å²) in [6, 6.07) is 103. The highest BCUT2D eigenvalue weighted by atomic mass is 15.1. The van der Waals surface area contributed by atoms with Crippen molar-refractivity contribution in [1.82, 2.24) is 22.8 Å². The molecule has 18 aromatic rings. The third-order valence-electron chi connectivity index (χ3n) is 19.0. The fourth-order valence-corrected chi connectivity index (χ4v) is 15.3. The molecule has 5 heterocycles. The molecular formula is C78H51N5. The fraction of sp³-hybridized carbons (Fsp3) is 0.0513. The highest BCUT2D eigenvalue weighted by Crippen LogP contribution is 2.52. The molecule has 388 valence electrons. The Morgan fingerprint density at radius 2 is 0.518 bits per heavy atom. The van der Waals surface area contributed by atoms with Crippen molar-refractivity contribution in [2.45, 2.75) is 24.9 Å². The molecule has 1 fully saturated rings. The van der Waals surface area contributed by atoms with E-state index in [1.165, 1.54) is 147 Å². The van der Waals surface area contributed by atoms with Crippen molar-refractivity contribution in [3.63, 3.8) is 0 Å². The molecule has 13 aromatic carbocycles. The Morgan fingerprint density at radius 3 is 0.892 bits per heavy atom. The van der Waals surface area contributed by atoms with Gasteiger partial charge in [-0.15, -0.1) is 0 Å². The molecule has 1 aliphatic carbocycles. The second kappa shape index (κ2) is 17.0. The number of rotatable bonds is 6. The molecular weight excluding hydrogens is 1010 g/mol. The van der Waals surface area contributed by atoms with Crippen LogP contribution in [0.15, 0.2) is 273 Å². The van der Waals surface area contributed by atoms with Gasteiger partial charge in [-0.2, -0.15) is 0 Å². The molecule has 0 amide bonds. The highest BCUT2D eigenvalue weighted by Gasteiger charge is 2.38. The Labute approximate surface area is 476 Å². The first kappa shape index (κ1) is 45.1. The number of benzene rings is 13. The van der Waals surface area contributed by atoms with Crippen LogP contribution in [0.1, 0.15) is 24.9 Å². The lowest BCUT2D eigenvalue weighted by Crippen LogP contribution is -2.31. The molecule has 5 aromatic heterocycles. The topological polar surface area (TPSA) is 24.6 Å². The molecule has 0 saturated heterocycles. The van der Waals surface area contributed by atoms with Gasteiger partial charge in [-0.25, -0.2) is 0 Å². The van der Waals surface area contributed by atoms with E-state index in [0.29, 0.717) is 0 Å². The SMILES string of the molecule is c1ccc2c(c1)cc(-c1ccc3c(c1)c1cc(-n4c5ccccc5c5ccccc54)ccc1n3C1CCC1n1c3ccc(-n4c5ccccc5c5ccccc54)cc3c3cc(-n4c5ccccc5c5ccccc54)ccc31)c1ccccc12. The van der Waals surface area contributed by atoms with E-state index in [-0.39, 0.29) is 12.1 Å². The lowest BCUT2D eigenvalue weighted by atomic mass is 9.85. The van der Waals surface area contributed by atoms with Gasteiger partial charge < -0.3 is 22.8 Å². The molecule has 83 heavy (non-hydrogen) atoms. The van der Waals surface area contributed by atoms with Crippen LogP contribution in [-0.2, 0) is 0 Å². The lowest BCUT2D eigenvalue weighted by Gasteiger charge is -2.40. The average molecular weight is 1060 g/mol. The van der Waals surface area contributed by atoms with Crippen LogP contribution in [-0.4, -0.2) is 22.8 Å². The van der Waals surface area contributed by atoms with E-state index >= 15 is 0 Å². The minimum absolute atomic E-state index is 0.188. The van der Waals surface area contributed by atoms with E-state index in [9.17, 15) is 0 Å². The number of para-hydroxylation sites is 6. The molecule has 1 aliphatic rings. The number of aromatic nitrogens is 5. The zero-order valence-electron chi connectivity index (χ0n) is 45.3. The van der Waals surface area contributed by atoms with Gasteiger partial charge in [0.1, 0.15) is 0 Å². The lowest BCUT2D eigenvalue weighted by molar-refractivity contribution is 0.205. The molecule has 0 bridgehead atoms. The van der Waals surface area contributed by atoms with Crippen LogP contribution in [0.2, 0.25) is 0 Å². The van der Waals surface area contributed by atoms with Gasteiger partial charge in [-0.3, -0.25) is 0 Å². The maximum Gasteiger partial charge on any atom is 0.0551 e. The van der Waals surface area contributed by atoms with Crippen LogP contribution in [0.3, 0.4) is 0 Å². The molecule has 5 nitrogen and oxygen atoms in total. The molecule has 0 N–H and O–H groups in total. The van der Waals surface area contributed by atoms with Crippen molar-refractivity contribution < 1.29 is 0 Å². The Bertz CT molecular complexity index is 5460. The van der Waals surface area contributed by atoms with Gasteiger partial charge >= 0.3 is 0 Å². The first-order valence-corrected chi connectivity index (χ1v) is 29.2. The van der Waals surface area contributed by atoms with Crippen LogP contribution in [0.25, 0.3) is 159 Å². The monoisotopic (exact) mass is 1060 g/mol. The summed E-state index contributed by atoms with van der Waals surface area (Å²) in [5.41, 5.74) is 18.3. The van der Waals surface area contributed by atoms with E-state index in [2.05, 4.69) is 296 Å². The minimum Gasteiger partial charge on any atom is -0.335 e. The summed E-state index contributed by atoms with van der Waals surface area (Å²) in [6.45, 7) is 0. The maximum atomic E-state index is 2.73. The minimum atomic E-state index is 0.188. The molecule has 0 spiro atoms. The van der Waals surface area contributed by atoms with Gasteiger partial charge in [0.05, 0.1) is 45.2 Å². The summed E-state index contributed by atoms with van der Waals surface area (Å²) < 4.78 is 12.9. The number of nitrogens with zero attached hydrogens (tertiary/aromatic N) is 5. The second-order valence-corrected chi connectivity index (χ2v) is 23.1. The zero-order valence-corrected chi connectivity index (χ0v) is 45.3. The molecule has 2 unspecified atom stereocenters. The van der Waals surface area contributed by atoms with Crippen LogP contribution < -0.4 is 0 Å². The predicted molar refractivity (Wildman–Crippen MR) is 350 cm³/mol. The third kappa shape index (κ3) is 6.25. The van der Waals surface area contributed by atoms with Crippen LogP contribution in [0.4, 0.5) is 0 Å². The van der Waals surface area contributed by atoms with Gasteiger partial charge in [0.25, 0.3) is 0 Å². The highest BCUT2D eigenvalue weighted by molar-refractivity contribution is 6.18. The van der Waals surface area contributed by atoms with Crippen LogP contribution >= 0.6 is 0 Å². The summed E-state index contributed by atoms with van der Waals surface area (Å²) in [7, 11) is 0. The fourth-order valence-electron chi connectivity index (χ4n) is 15.3. The third-order valence-corrected chi connectivity index (χ3v) is 19.0. The predicted octanol–water partition coefficient (Wildman–Crippen LogP) is 20.7. The van der Waals surface area contributed by atoms with E-state index in [4.69, 9.17) is 0 Å². The molecule has 2 atom stereocenters. The summed E-state index contributed by atoms with van der Waals surface area (Å²) in [5.74, 6) is 0. The van der Waals surface area contributed by atoms with Crippen LogP contribution in [0.5, 0.6) is 0 Å². The number of hydrogen-bond acceptors (Lipinski definition) is 0. The van der Waals surface area contributed by atoms with Gasteiger partial charge in [0.2, 0.25) is 0 Å². The average Bonchev–Trinajstić information content (AvgIpc) is 3.58. The van der Waals surface area contributed by atoms with Gasteiger partial charge in [-0.05, 0) is 155 Å². The quantitative estimate of drug-likeness (QED) is 0.148. The summed E-state index contributed by atoms with van der Waals surface area (Å²) in [6.07, 6.45) is 2.13. The molecule has 0 radical (unpaired) electrons.